The Kier molecular flexibility index (Phi) is 5.57. The van der Waals surface area contributed by atoms with Crippen LogP contribution in [-0.4, -0.2) is 29.0 Å². The molecule has 2 rings (SSSR count). The maximum absolute atomic E-state index is 11.7. The molecule has 1 aromatic heterocycles. The number of hydrogen-bond donors (Lipinski definition) is 2. The molecule has 0 atom stereocenters. The number of aromatic nitrogens is 2. The van der Waals surface area contributed by atoms with E-state index in [2.05, 4.69) is 20.8 Å². The van der Waals surface area contributed by atoms with Crippen LogP contribution in [0.4, 0.5) is 16.4 Å². The fraction of sp³-hybridized carbons (Fsp3) is 0.353. The lowest BCUT2D eigenvalue weighted by Crippen LogP contribution is -2.27. The van der Waals surface area contributed by atoms with Crippen LogP contribution in [-0.2, 0) is 11.3 Å². The lowest BCUT2D eigenvalue weighted by molar-refractivity contribution is 0.0635. The van der Waals surface area contributed by atoms with Crippen LogP contribution in [0.5, 0.6) is 5.75 Å². The zero-order chi connectivity index (χ0) is 17.6. The predicted octanol–water partition coefficient (Wildman–Crippen LogP) is 3.44. The predicted molar refractivity (Wildman–Crippen MR) is 92.2 cm³/mol. The van der Waals surface area contributed by atoms with Gasteiger partial charge in [-0.3, -0.25) is 5.32 Å². The zero-order valence-electron chi connectivity index (χ0n) is 14.3. The first-order valence-corrected chi connectivity index (χ1v) is 7.57. The van der Waals surface area contributed by atoms with Gasteiger partial charge in [0.1, 0.15) is 17.2 Å². The number of rotatable bonds is 5. The van der Waals surface area contributed by atoms with Crippen molar-refractivity contribution in [1.29, 1.82) is 0 Å². The van der Waals surface area contributed by atoms with E-state index >= 15 is 0 Å². The Morgan fingerprint density at radius 3 is 2.38 bits per heavy atom. The van der Waals surface area contributed by atoms with Crippen LogP contribution in [0.2, 0.25) is 0 Å². The topological polar surface area (TPSA) is 85.4 Å². The zero-order valence-corrected chi connectivity index (χ0v) is 14.3. The molecule has 0 unspecified atom stereocenters. The van der Waals surface area contributed by atoms with Crippen LogP contribution in [0.1, 0.15) is 26.3 Å². The fourth-order valence-corrected chi connectivity index (χ4v) is 1.94. The molecule has 0 aliphatic heterocycles. The van der Waals surface area contributed by atoms with Gasteiger partial charge in [-0.1, -0.05) is 18.2 Å². The number of carbonyl (C=O) groups is 1. The summed E-state index contributed by atoms with van der Waals surface area (Å²) in [5.74, 6) is 1.73. The number of benzene rings is 1. The third-order valence-electron chi connectivity index (χ3n) is 2.95. The SMILES string of the molecule is COc1ccccc1CNc1ccc(NC(=O)OC(C)(C)C)nn1. The van der Waals surface area contributed by atoms with Crippen LogP contribution >= 0.6 is 0 Å². The van der Waals surface area contributed by atoms with E-state index in [-0.39, 0.29) is 0 Å². The van der Waals surface area contributed by atoms with Crippen molar-refractivity contribution in [3.8, 4) is 5.75 Å². The Bertz CT molecular complexity index is 681. The van der Waals surface area contributed by atoms with Crippen LogP contribution in [0.25, 0.3) is 0 Å². The molecule has 1 aromatic carbocycles. The summed E-state index contributed by atoms with van der Waals surface area (Å²) in [5.41, 5.74) is 0.450. The van der Waals surface area contributed by atoms with Gasteiger partial charge in [0, 0.05) is 12.1 Å². The molecule has 1 heterocycles. The summed E-state index contributed by atoms with van der Waals surface area (Å²) >= 11 is 0. The highest BCUT2D eigenvalue weighted by Gasteiger charge is 2.16. The molecule has 0 radical (unpaired) electrons. The summed E-state index contributed by atoms with van der Waals surface area (Å²) in [4.78, 5) is 11.7. The van der Waals surface area contributed by atoms with Crippen LogP contribution in [0.3, 0.4) is 0 Å². The number of hydrogen-bond acceptors (Lipinski definition) is 6. The van der Waals surface area contributed by atoms with Gasteiger partial charge < -0.3 is 14.8 Å². The minimum atomic E-state index is -0.563. The van der Waals surface area contributed by atoms with Crippen LogP contribution < -0.4 is 15.4 Å². The molecule has 7 heteroatoms. The molecule has 2 N–H and O–H groups in total. The molecule has 2 aromatic rings. The van der Waals surface area contributed by atoms with Gasteiger partial charge in [0.15, 0.2) is 5.82 Å². The summed E-state index contributed by atoms with van der Waals surface area (Å²) in [6.45, 7) is 5.94. The van der Waals surface area contributed by atoms with Crippen LogP contribution in [0.15, 0.2) is 36.4 Å². The van der Waals surface area contributed by atoms with Crippen molar-refractivity contribution >= 4 is 17.7 Å². The number of nitrogens with zero attached hydrogens (tertiary/aromatic N) is 2. The summed E-state index contributed by atoms with van der Waals surface area (Å²) < 4.78 is 10.5. The standard InChI is InChI=1S/C17H22N4O3/c1-17(2,3)24-16(22)19-15-10-9-14(20-21-15)18-11-12-7-5-6-8-13(12)23-4/h5-10H,11H2,1-4H3,(H,18,20)(H,19,21,22). The molecule has 1 amide bonds. The second kappa shape index (κ2) is 7.63. The first-order valence-electron chi connectivity index (χ1n) is 7.57. The fourth-order valence-electron chi connectivity index (χ4n) is 1.94. The van der Waals surface area contributed by atoms with E-state index < -0.39 is 11.7 Å². The van der Waals surface area contributed by atoms with Gasteiger partial charge in [0.25, 0.3) is 0 Å². The number of methoxy groups -OCH3 is 1. The van der Waals surface area contributed by atoms with E-state index in [0.29, 0.717) is 18.2 Å². The smallest absolute Gasteiger partial charge is 0.413 e. The summed E-state index contributed by atoms with van der Waals surface area (Å²) in [6, 6.07) is 11.1. The van der Waals surface area contributed by atoms with Gasteiger partial charge in [0.2, 0.25) is 0 Å². The van der Waals surface area contributed by atoms with Crippen molar-refractivity contribution in [2.45, 2.75) is 32.9 Å². The number of ether oxygens (including phenoxy) is 2. The van der Waals surface area contributed by atoms with E-state index in [9.17, 15) is 4.79 Å². The van der Waals surface area contributed by atoms with Crippen LogP contribution in [0, 0.1) is 0 Å². The highest BCUT2D eigenvalue weighted by atomic mass is 16.6. The Labute approximate surface area is 141 Å². The molecule has 0 fully saturated rings. The molecule has 0 bridgehead atoms. The quantitative estimate of drug-likeness (QED) is 0.873. The molecule has 128 valence electrons. The minimum Gasteiger partial charge on any atom is -0.496 e. The number of nitrogens with one attached hydrogen (secondary N) is 2. The molecule has 24 heavy (non-hydrogen) atoms. The lowest BCUT2D eigenvalue weighted by Gasteiger charge is -2.19. The molecule has 0 aliphatic rings. The largest absolute Gasteiger partial charge is 0.496 e. The second-order valence-electron chi connectivity index (χ2n) is 6.10. The van der Waals surface area contributed by atoms with Gasteiger partial charge in [-0.05, 0) is 39.0 Å². The number of amides is 1. The third-order valence-corrected chi connectivity index (χ3v) is 2.95. The first-order chi connectivity index (χ1) is 11.4. The van der Waals surface area contributed by atoms with E-state index in [1.54, 1.807) is 40.0 Å². The Balaban J connectivity index is 1.91. The lowest BCUT2D eigenvalue weighted by atomic mass is 10.2. The average molecular weight is 330 g/mol. The molecule has 7 nitrogen and oxygen atoms in total. The Hall–Kier alpha value is -2.83. The average Bonchev–Trinajstić information content (AvgIpc) is 2.52. The Morgan fingerprint density at radius 2 is 1.75 bits per heavy atom. The van der Waals surface area contributed by atoms with E-state index in [1.165, 1.54) is 0 Å². The van der Waals surface area contributed by atoms with Crippen molar-refractivity contribution in [3.05, 3.63) is 42.0 Å². The maximum Gasteiger partial charge on any atom is 0.413 e. The van der Waals surface area contributed by atoms with Crippen molar-refractivity contribution in [2.75, 3.05) is 17.7 Å². The number of carbonyl (C=O) groups excluding carboxylic acids is 1. The number of para-hydroxylation sites is 1. The highest BCUT2D eigenvalue weighted by Crippen LogP contribution is 2.18. The van der Waals surface area contributed by atoms with Crippen molar-refractivity contribution < 1.29 is 14.3 Å². The molecule has 0 spiro atoms. The monoisotopic (exact) mass is 330 g/mol. The van der Waals surface area contributed by atoms with Gasteiger partial charge >= 0.3 is 6.09 Å². The summed E-state index contributed by atoms with van der Waals surface area (Å²) in [7, 11) is 1.63. The number of anilines is 2. The molecular formula is C17H22N4O3. The molecule has 0 aliphatic carbocycles. The minimum absolute atomic E-state index is 0.326. The maximum atomic E-state index is 11.7. The van der Waals surface area contributed by atoms with Crippen molar-refractivity contribution in [3.63, 3.8) is 0 Å². The van der Waals surface area contributed by atoms with Crippen molar-refractivity contribution in [1.82, 2.24) is 10.2 Å². The molecule has 0 saturated carbocycles. The first kappa shape index (κ1) is 17.5. The summed E-state index contributed by atoms with van der Waals surface area (Å²) in [5, 5.41) is 13.7. The van der Waals surface area contributed by atoms with Gasteiger partial charge in [-0.15, -0.1) is 10.2 Å². The Morgan fingerprint density at radius 1 is 1.08 bits per heavy atom. The molecule has 0 saturated heterocycles. The molecular weight excluding hydrogens is 308 g/mol. The normalized spacial score (nSPS) is 10.8. The van der Waals surface area contributed by atoms with Crippen molar-refractivity contribution in [2.24, 2.45) is 0 Å². The van der Waals surface area contributed by atoms with E-state index in [0.717, 1.165) is 11.3 Å². The van der Waals surface area contributed by atoms with E-state index in [4.69, 9.17) is 9.47 Å². The third kappa shape index (κ3) is 5.42. The summed E-state index contributed by atoms with van der Waals surface area (Å²) in [6.07, 6.45) is -0.563. The van der Waals surface area contributed by atoms with Gasteiger partial charge in [-0.2, -0.15) is 0 Å². The second-order valence-corrected chi connectivity index (χ2v) is 6.10. The van der Waals surface area contributed by atoms with Gasteiger partial charge in [-0.25, -0.2) is 4.79 Å². The highest BCUT2D eigenvalue weighted by molar-refractivity contribution is 5.83. The van der Waals surface area contributed by atoms with E-state index in [1.807, 2.05) is 24.3 Å². The van der Waals surface area contributed by atoms with Gasteiger partial charge in [0.05, 0.1) is 7.11 Å².